The highest BCUT2D eigenvalue weighted by Crippen LogP contribution is 2.14. The minimum Gasteiger partial charge on any atom is -0.382 e. The van der Waals surface area contributed by atoms with Gasteiger partial charge < -0.3 is 15.8 Å². The Morgan fingerprint density at radius 3 is 3.00 bits per heavy atom. The maximum absolute atomic E-state index is 11.7. The Bertz CT molecular complexity index is 388. The zero-order chi connectivity index (χ0) is 12.8. The zero-order valence-corrected chi connectivity index (χ0v) is 10.3. The van der Waals surface area contributed by atoms with Crippen LogP contribution in [0.4, 0.5) is 5.82 Å². The van der Waals surface area contributed by atoms with Gasteiger partial charge in [0.2, 0.25) is 0 Å². The van der Waals surface area contributed by atoms with Crippen LogP contribution in [0.2, 0.25) is 0 Å². The molecular weight excluding hydrogens is 232 g/mol. The molecule has 1 aromatic rings. The van der Waals surface area contributed by atoms with Crippen molar-refractivity contribution in [1.82, 2.24) is 15.3 Å². The SMILES string of the molecule is Nc1cnc(C(=O)NCCC2CCCCO2)cn1. The molecule has 1 atom stereocenters. The normalized spacial score (nSPS) is 19.4. The van der Waals surface area contributed by atoms with Crippen LogP contribution in [0.5, 0.6) is 0 Å². The molecule has 1 saturated heterocycles. The van der Waals surface area contributed by atoms with Crippen LogP contribution in [0.3, 0.4) is 0 Å². The van der Waals surface area contributed by atoms with E-state index in [-0.39, 0.29) is 17.7 Å². The van der Waals surface area contributed by atoms with Crippen molar-refractivity contribution in [2.75, 3.05) is 18.9 Å². The van der Waals surface area contributed by atoms with Crippen molar-refractivity contribution in [3.05, 3.63) is 18.1 Å². The fourth-order valence-corrected chi connectivity index (χ4v) is 1.93. The molecule has 3 N–H and O–H groups in total. The number of nitrogen functional groups attached to an aromatic ring is 1. The third-order valence-electron chi connectivity index (χ3n) is 2.93. The molecule has 1 aliphatic rings. The van der Waals surface area contributed by atoms with Gasteiger partial charge in [-0.15, -0.1) is 0 Å². The van der Waals surface area contributed by atoms with Gasteiger partial charge in [-0.05, 0) is 25.7 Å². The summed E-state index contributed by atoms with van der Waals surface area (Å²) in [4.78, 5) is 19.4. The molecule has 0 aromatic carbocycles. The minimum atomic E-state index is -0.224. The number of nitrogens with zero attached hydrogens (tertiary/aromatic N) is 2. The maximum Gasteiger partial charge on any atom is 0.271 e. The summed E-state index contributed by atoms with van der Waals surface area (Å²) in [6.07, 6.45) is 7.30. The predicted molar refractivity (Wildman–Crippen MR) is 67.0 cm³/mol. The van der Waals surface area contributed by atoms with Crippen LogP contribution in [0.25, 0.3) is 0 Å². The van der Waals surface area contributed by atoms with Gasteiger partial charge in [-0.2, -0.15) is 0 Å². The molecule has 2 heterocycles. The van der Waals surface area contributed by atoms with Crippen LogP contribution in [-0.2, 0) is 4.74 Å². The van der Waals surface area contributed by atoms with Gasteiger partial charge in [-0.3, -0.25) is 4.79 Å². The summed E-state index contributed by atoms with van der Waals surface area (Å²) in [6, 6.07) is 0. The Labute approximate surface area is 106 Å². The topological polar surface area (TPSA) is 90.1 Å². The first kappa shape index (κ1) is 12.8. The molecule has 1 unspecified atom stereocenters. The molecule has 1 fully saturated rings. The molecule has 98 valence electrons. The highest BCUT2D eigenvalue weighted by Gasteiger charge is 2.14. The molecule has 0 spiro atoms. The molecule has 0 saturated carbocycles. The molecule has 1 aromatic heterocycles. The summed E-state index contributed by atoms with van der Waals surface area (Å²) in [5, 5.41) is 2.80. The van der Waals surface area contributed by atoms with Crippen LogP contribution in [0.1, 0.15) is 36.2 Å². The number of ether oxygens (including phenoxy) is 1. The second kappa shape index (κ2) is 6.30. The quantitative estimate of drug-likeness (QED) is 0.822. The molecule has 6 nitrogen and oxygen atoms in total. The van der Waals surface area contributed by atoms with Crippen molar-refractivity contribution in [2.24, 2.45) is 0 Å². The van der Waals surface area contributed by atoms with Gasteiger partial charge in [0.1, 0.15) is 11.5 Å². The fraction of sp³-hybridized carbons (Fsp3) is 0.583. The fourth-order valence-electron chi connectivity index (χ4n) is 1.93. The lowest BCUT2D eigenvalue weighted by Gasteiger charge is -2.22. The number of hydrogen-bond donors (Lipinski definition) is 2. The number of rotatable bonds is 4. The summed E-state index contributed by atoms with van der Waals surface area (Å²) in [6.45, 7) is 1.43. The lowest BCUT2D eigenvalue weighted by atomic mass is 10.1. The first-order valence-corrected chi connectivity index (χ1v) is 6.23. The Kier molecular flexibility index (Phi) is 4.46. The number of carbonyl (C=O) groups is 1. The molecular formula is C12H18N4O2. The standard InChI is InChI=1S/C12H18N4O2/c13-11-8-15-10(7-16-11)12(17)14-5-4-9-3-1-2-6-18-9/h7-9H,1-6H2,(H2,13,16)(H,14,17). The van der Waals surface area contributed by atoms with Gasteiger partial charge >= 0.3 is 0 Å². The number of hydrogen-bond acceptors (Lipinski definition) is 5. The number of nitrogens with one attached hydrogen (secondary N) is 1. The van der Waals surface area contributed by atoms with Crippen molar-refractivity contribution in [1.29, 1.82) is 0 Å². The van der Waals surface area contributed by atoms with Crippen molar-refractivity contribution >= 4 is 11.7 Å². The Morgan fingerprint density at radius 1 is 1.44 bits per heavy atom. The van der Waals surface area contributed by atoms with Gasteiger partial charge in [0.15, 0.2) is 0 Å². The van der Waals surface area contributed by atoms with Gasteiger partial charge in [-0.25, -0.2) is 9.97 Å². The Balaban J connectivity index is 1.72. The van der Waals surface area contributed by atoms with E-state index >= 15 is 0 Å². The van der Waals surface area contributed by atoms with E-state index in [4.69, 9.17) is 10.5 Å². The second-order valence-electron chi connectivity index (χ2n) is 4.36. The third kappa shape index (κ3) is 3.66. The average molecular weight is 250 g/mol. The largest absolute Gasteiger partial charge is 0.382 e. The van der Waals surface area contributed by atoms with Gasteiger partial charge in [-0.1, -0.05) is 0 Å². The van der Waals surface area contributed by atoms with Crippen LogP contribution in [-0.4, -0.2) is 35.1 Å². The van der Waals surface area contributed by atoms with Gasteiger partial charge in [0.25, 0.3) is 5.91 Å². The smallest absolute Gasteiger partial charge is 0.271 e. The first-order chi connectivity index (χ1) is 8.75. The molecule has 1 aliphatic heterocycles. The van der Waals surface area contributed by atoms with Crippen molar-refractivity contribution in [3.8, 4) is 0 Å². The van der Waals surface area contributed by atoms with E-state index < -0.39 is 0 Å². The molecule has 6 heteroatoms. The molecule has 0 bridgehead atoms. The third-order valence-corrected chi connectivity index (χ3v) is 2.93. The highest BCUT2D eigenvalue weighted by atomic mass is 16.5. The Morgan fingerprint density at radius 2 is 2.33 bits per heavy atom. The monoisotopic (exact) mass is 250 g/mol. The molecule has 18 heavy (non-hydrogen) atoms. The summed E-state index contributed by atoms with van der Waals surface area (Å²) >= 11 is 0. The molecule has 0 radical (unpaired) electrons. The minimum absolute atomic E-state index is 0.224. The number of anilines is 1. The van der Waals surface area contributed by atoms with E-state index in [0.29, 0.717) is 12.4 Å². The van der Waals surface area contributed by atoms with E-state index in [2.05, 4.69) is 15.3 Å². The maximum atomic E-state index is 11.7. The van der Waals surface area contributed by atoms with Crippen molar-refractivity contribution in [3.63, 3.8) is 0 Å². The number of carbonyl (C=O) groups excluding carboxylic acids is 1. The second-order valence-corrected chi connectivity index (χ2v) is 4.36. The number of aromatic nitrogens is 2. The molecule has 2 rings (SSSR count). The predicted octanol–water partition coefficient (Wildman–Crippen LogP) is 0.748. The summed E-state index contributed by atoms with van der Waals surface area (Å²) in [5.41, 5.74) is 5.69. The van der Waals surface area contributed by atoms with E-state index in [9.17, 15) is 4.79 Å². The van der Waals surface area contributed by atoms with Gasteiger partial charge in [0.05, 0.1) is 18.5 Å². The number of nitrogens with two attached hydrogens (primary N) is 1. The van der Waals surface area contributed by atoms with Crippen LogP contribution in [0.15, 0.2) is 12.4 Å². The average Bonchev–Trinajstić information content (AvgIpc) is 2.40. The van der Waals surface area contributed by atoms with Crippen LogP contribution in [0, 0.1) is 0 Å². The lowest BCUT2D eigenvalue weighted by molar-refractivity contribution is 0.0117. The highest BCUT2D eigenvalue weighted by molar-refractivity contribution is 5.91. The lowest BCUT2D eigenvalue weighted by Crippen LogP contribution is -2.30. The number of amides is 1. The summed E-state index contributed by atoms with van der Waals surface area (Å²) in [5.74, 6) is 0.0838. The zero-order valence-electron chi connectivity index (χ0n) is 10.3. The summed E-state index contributed by atoms with van der Waals surface area (Å²) < 4.78 is 5.59. The van der Waals surface area contributed by atoms with Gasteiger partial charge in [0, 0.05) is 13.2 Å². The van der Waals surface area contributed by atoms with Crippen molar-refractivity contribution in [2.45, 2.75) is 31.8 Å². The molecule has 1 amide bonds. The van der Waals surface area contributed by atoms with E-state index in [1.54, 1.807) is 0 Å². The van der Waals surface area contributed by atoms with Crippen LogP contribution < -0.4 is 11.1 Å². The molecule has 0 aliphatic carbocycles. The summed E-state index contributed by atoms with van der Waals surface area (Å²) in [7, 11) is 0. The Hall–Kier alpha value is -1.69. The van der Waals surface area contributed by atoms with E-state index in [0.717, 1.165) is 25.9 Å². The first-order valence-electron chi connectivity index (χ1n) is 6.23. The van der Waals surface area contributed by atoms with Crippen molar-refractivity contribution < 1.29 is 9.53 Å². The van der Waals surface area contributed by atoms with E-state index in [1.807, 2.05) is 0 Å². The van der Waals surface area contributed by atoms with E-state index in [1.165, 1.54) is 18.8 Å². The van der Waals surface area contributed by atoms with Crippen LogP contribution >= 0.6 is 0 Å².